The van der Waals surface area contributed by atoms with E-state index >= 15 is 0 Å². The largest absolute Gasteiger partial charge is 0.494 e. The molecule has 0 saturated carbocycles. The van der Waals surface area contributed by atoms with Gasteiger partial charge in [-0.25, -0.2) is 0 Å². The predicted molar refractivity (Wildman–Crippen MR) is 145 cm³/mol. The Labute approximate surface area is 219 Å². The van der Waals surface area contributed by atoms with E-state index in [2.05, 4.69) is 9.88 Å². The summed E-state index contributed by atoms with van der Waals surface area (Å²) in [6.07, 6.45) is 2.95. The number of fused-ring (bicyclic) bond motifs is 1. The summed E-state index contributed by atoms with van der Waals surface area (Å²) in [5.41, 5.74) is 3.81. The molecule has 2 aromatic carbocycles. The highest BCUT2D eigenvalue weighted by atomic mass is 16.5. The average Bonchev–Trinajstić information content (AvgIpc) is 2.94. The maximum Gasteiger partial charge on any atom is 0.227 e. The van der Waals surface area contributed by atoms with Crippen molar-refractivity contribution in [3.63, 3.8) is 0 Å². The lowest BCUT2D eigenvalue weighted by atomic mass is 10.1. The first-order valence-electron chi connectivity index (χ1n) is 13.0. The van der Waals surface area contributed by atoms with Crippen molar-refractivity contribution in [2.24, 2.45) is 0 Å². The molecule has 7 nitrogen and oxygen atoms in total. The number of anilines is 1. The van der Waals surface area contributed by atoms with Crippen molar-refractivity contribution in [3.8, 4) is 5.75 Å². The number of nitrogens with zero attached hydrogens (tertiary/aromatic N) is 4. The van der Waals surface area contributed by atoms with E-state index in [1.165, 1.54) is 0 Å². The molecule has 37 heavy (non-hydrogen) atoms. The summed E-state index contributed by atoms with van der Waals surface area (Å²) in [7, 11) is 0. The summed E-state index contributed by atoms with van der Waals surface area (Å²) in [5.74, 6) is 0.873. The maximum absolute atomic E-state index is 13.6. The molecule has 2 amide bonds. The van der Waals surface area contributed by atoms with Crippen LogP contribution in [0, 0.1) is 0 Å². The zero-order valence-corrected chi connectivity index (χ0v) is 21.8. The third kappa shape index (κ3) is 7.40. The second-order valence-electron chi connectivity index (χ2n) is 9.32. The fourth-order valence-corrected chi connectivity index (χ4v) is 4.71. The number of aromatic nitrogens is 1. The predicted octanol–water partition coefficient (Wildman–Crippen LogP) is 4.31. The van der Waals surface area contributed by atoms with E-state index in [9.17, 15) is 9.59 Å². The summed E-state index contributed by atoms with van der Waals surface area (Å²) in [6.45, 7) is 8.09. The Hall–Kier alpha value is -3.71. The third-order valence-corrected chi connectivity index (χ3v) is 6.62. The number of benzene rings is 2. The van der Waals surface area contributed by atoms with Gasteiger partial charge in [0, 0.05) is 58.1 Å². The molecule has 1 aliphatic heterocycles. The number of hydrogen-bond donors (Lipinski definition) is 0. The summed E-state index contributed by atoms with van der Waals surface area (Å²) >= 11 is 0. The number of hydrogen-bond acceptors (Lipinski definition) is 5. The minimum atomic E-state index is 0.00948. The second kappa shape index (κ2) is 13.0. The number of rotatable bonds is 6. The number of ether oxygens (including phenoxy) is 1. The molecule has 0 aliphatic carbocycles. The molecule has 3 aromatic rings. The second-order valence-corrected chi connectivity index (χ2v) is 9.32. The lowest BCUT2D eigenvalue weighted by Gasteiger charge is -2.28. The summed E-state index contributed by atoms with van der Waals surface area (Å²) in [5, 5.41) is 0. The highest BCUT2D eigenvalue weighted by molar-refractivity contribution is 5.92. The number of carbonyl (C=O) groups is 2. The van der Waals surface area contributed by atoms with Crippen molar-refractivity contribution in [2.75, 3.05) is 37.7 Å². The molecular weight excluding hydrogens is 464 g/mol. The van der Waals surface area contributed by atoms with E-state index in [4.69, 9.17) is 4.74 Å². The maximum atomic E-state index is 13.6. The number of pyridine rings is 1. The van der Waals surface area contributed by atoms with Gasteiger partial charge >= 0.3 is 0 Å². The van der Waals surface area contributed by atoms with Crippen LogP contribution >= 0.6 is 0 Å². The van der Waals surface area contributed by atoms with E-state index in [-0.39, 0.29) is 11.8 Å². The molecule has 1 aliphatic rings. The average molecular weight is 501 g/mol. The summed E-state index contributed by atoms with van der Waals surface area (Å²) < 4.78 is 5.54. The number of para-hydroxylation sites is 1. The molecule has 4 rings (SSSR count). The number of carbonyl (C=O) groups excluding carboxylic acids is 2. The molecule has 0 atom stereocenters. The van der Waals surface area contributed by atoms with Gasteiger partial charge in [-0.15, -0.1) is 0 Å². The molecule has 0 spiro atoms. The fraction of sp³-hybridized carbons (Fsp3) is 0.367. The van der Waals surface area contributed by atoms with Gasteiger partial charge in [0.1, 0.15) is 5.75 Å². The van der Waals surface area contributed by atoms with Gasteiger partial charge in [0.05, 0.1) is 18.7 Å². The van der Waals surface area contributed by atoms with E-state index in [0.717, 1.165) is 47.8 Å². The molecular formula is C30H36N4O3. The Morgan fingerprint density at radius 1 is 0.919 bits per heavy atom. The van der Waals surface area contributed by atoms with Crippen molar-refractivity contribution >= 4 is 17.5 Å². The van der Waals surface area contributed by atoms with Crippen LogP contribution in [0.25, 0.3) is 0 Å². The molecule has 0 fully saturated rings. The highest BCUT2D eigenvalue weighted by Crippen LogP contribution is 2.24. The lowest BCUT2D eigenvalue weighted by Crippen LogP contribution is -2.39. The van der Waals surface area contributed by atoms with Gasteiger partial charge in [0.25, 0.3) is 0 Å². The van der Waals surface area contributed by atoms with Crippen LogP contribution in [0.15, 0.2) is 72.9 Å². The quantitative estimate of drug-likeness (QED) is 0.505. The van der Waals surface area contributed by atoms with Gasteiger partial charge in [0.15, 0.2) is 0 Å². The van der Waals surface area contributed by atoms with Crippen molar-refractivity contribution in [3.05, 3.63) is 89.7 Å². The topological polar surface area (TPSA) is 66.0 Å². The van der Waals surface area contributed by atoms with E-state index in [1.54, 1.807) is 6.92 Å². The standard InChI is InChI=1S/C30H36N4O3/c1-3-37-28-14-12-25(13-15-28)21-30(36)33-20-19-32(23-27-10-6-7-16-31-27)17-8-18-34(24(2)35)29-11-5-4-9-26(29)22-33/h4-7,9-16H,3,8,17-23H2,1-2H3. The molecule has 0 unspecified atom stereocenters. The van der Waals surface area contributed by atoms with Crippen molar-refractivity contribution in [2.45, 2.75) is 39.8 Å². The Morgan fingerprint density at radius 3 is 2.43 bits per heavy atom. The first-order valence-corrected chi connectivity index (χ1v) is 13.0. The highest BCUT2D eigenvalue weighted by Gasteiger charge is 2.22. The van der Waals surface area contributed by atoms with E-state index in [0.29, 0.717) is 39.2 Å². The zero-order valence-electron chi connectivity index (χ0n) is 21.8. The normalized spacial score (nSPS) is 15.0. The van der Waals surface area contributed by atoms with Gasteiger partial charge in [-0.1, -0.05) is 36.4 Å². The smallest absolute Gasteiger partial charge is 0.227 e. The van der Waals surface area contributed by atoms with Crippen molar-refractivity contribution in [1.29, 1.82) is 0 Å². The molecule has 0 saturated heterocycles. The Balaban J connectivity index is 1.58. The summed E-state index contributed by atoms with van der Waals surface area (Å²) in [6, 6.07) is 21.6. The van der Waals surface area contributed by atoms with Gasteiger partial charge in [-0.2, -0.15) is 0 Å². The molecule has 0 radical (unpaired) electrons. The van der Waals surface area contributed by atoms with Gasteiger partial charge in [-0.05, 0) is 54.8 Å². The molecule has 1 aromatic heterocycles. The van der Waals surface area contributed by atoms with E-state index < -0.39 is 0 Å². The monoisotopic (exact) mass is 500 g/mol. The van der Waals surface area contributed by atoms with Crippen LogP contribution in [0.1, 0.15) is 37.1 Å². The van der Waals surface area contributed by atoms with Gasteiger partial charge in [-0.3, -0.25) is 19.5 Å². The van der Waals surface area contributed by atoms with Crippen LogP contribution in [-0.2, 0) is 29.1 Å². The first kappa shape index (κ1) is 26.4. The van der Waals surface area contributed by atoms with Gasteiger partial charge < -0.3 is 14.5 Å². The van der Waals surface area contributed by atoms with Crippen LogP contribution < -0.4 is 9.64 Å². The third-order valence-electron chi connectivity index (χ3n) is 6.62. The van der Waals surface area contributed by atoms with Crippen molar-refractivity contribution < 1.29 is 14.3 Å². The lowest BCUT2D eigenvalue weighted by molar-refractivity contribution is -0.131. The van der Waals surface area contributed by atoms with Crippen LogP contribution in [0.2, 0.25) is 0 Å². The van der Waals surface area contributed by atoms with Crippen molar-refractivity contribution in [1.82, 2.24) is 14.8 Å². The zero-order chi connectivity index (χ0) is 26.0. The minimum Gasteiger partial charge on any atom is -0.494 e. The molecule has 0 N–H and O–H groups in total. The Kier molecular flexibility index (Phi) is 9.27. The van der Waals surface area contributed by atoms with Crippen LogP contribution in [0.5, 0.6) is 5.75 Å². The van der Waals surface area contributed by atoms with E-state index in [1.807, 2.05) is 89.7 Å². The SMILES string of the molecule is CCOc1ccc(CC(=O)N2CCN(Cc3ccccn3)CCCN(C(C)=O)c3ccccc3C2)cc1. The fourth-order valence-electron chi connectivity index (χ4n) is 4.71. The van der Waals surface area contributed by atoms with Crippen LogP contribution in [0.4, 0.5) is 5.69 Å². The minimum absolute atomic E-state index is 0.00948. The first-order chi connectivity index (χ1) is 18.0. The molecule has 2 heterocycles. The van der Waals surface area contributed by atoms with Gasteiger partial charge in [0.2, 0.25) is 11.8 Å². The Bertz CT molecular complexity index is 1170. The molecule has 7 heteroatoms. The van der Waals surface area contributed by atoms with Crippen LogP contribution in [-0.4, -0.2) is 59.4 Å². The number of amides is 2. The molecule has 0 bridgehead atoms. The molecule has 194 valence electrons. The summed E-state index contributed by atoms with van der Waals surface area (Å²) in [4.78, 5) is 36.8. The van der Waals surface area contributed by atoms with Crippen LogP contribution in [0.3, 0.4) is 0 Å². The Morgan fingerprint density at radius 2 is 1.70 bits per heavy atom.